The Balaban J connectivity index is 2.29. The van der Waals surface area contributed by atoms with Gasteiger partial charge in [-0.3, -0.25) is 4.79 Å². The van der Waals surface area contributed by atoms with E-state index in [-0.39, 0.29) is 24.4 Å². The Morgan fingerprint density at radius 2 is 2.00 bits per heavy atom. The largest absolute Gasteiger partial charge is 0.387 e. The van der Waals surface area contributed by atoms with Gasteiger partial charge in [0.25, 0.3) is 0 Å². The maximum atomic E-state index is 13.4. The van der Waals surface area contributed by atoms with Gasteiger partial charge in [0.2, 0.25) is 5.91 Å². The zero-order valence-electron chi connectivity index (χ0n) is 12.3. The van der Waals surface area contributed by atoms with Crippen LogP contribution in [0, 0.1) is 17.6 Å². The summed E-state index contributed by atoms with van der Waals surface area (Å²) in [6, 6.07) is 2.95. The first-order valence-corrected chi connectivity index (χ1v) is 7.00. The highest BCUT2D eigenvalue weighted by Crippen LogP contribution is 2.17. The van der Waals surface area contributed by atoms with Gasteiger partial charge < -0.3 is 15.7 Å². The molecule has 118 valence electrons. The number of hydrogen-bond donors (Lipinski definition) is 3. The molecule has 0 bridgehead atoms. The van der Waals surface area contributed by atoms with Gasteiger partial charge in [-0.25, -0.2) is 8.78 Å². The Morgan fingerprint density at radius 1 is 1.29 bits per heavy atom. The van der Waals surface area contributed by atoms with E-state index in [4.69, 9.17) is 0 Å². The van der Waals surface area contributed by atoms with Crippen LogP contribution in [-0.2, 0) is 4.79 Å². The smallest absolute Gasteiger partial charge is 0.221 e. The van der Waals surface area contributed by atoms with Crippen molar-refractivity contribution in [3.63, 3.8) is 0 Å². The van der Waals surface area contributed by atoms with Crippen LogP contribution in [0.25, 0.3) is 0 Å². The number of benzene rings is 1. The second-order valence-electron chi connectivity index (χ2n) is 5.33. The molecule has 0 radical (unpaired) electrons. The Labute approximate surface area is 123 Å². The average Bonchev–Trinajstić information content (AvgIpc) is 2.43. The molecule has 1 unspecified atom stereocenters. The Bertz CT molecular complexity index is 467. The molecule has 1 atom stereocenters. The molecule has 1 aromatic rings. The number of rotatable bonds is 8. The zero-order valence-corrected chi connectivity index (χ0v) is 12.3. The van der Waals surface area contributed by atoms with Crippen LogP contribution in [0.2, 0.25) is 0 Å². The first-order valence-electron chi connectivity index (χ1n) is 7.00. The van der Waals surface area contributed by atoms with Crippen LogP contribution >= 0.6 is 0 Å². The van der Waals surface area contributed by atoms with Crippen molar-refractivity contribution in [2.24, 2.45) is 5.92 Å². The molecule has 0 saturated carbocycles. The van der Waals surface area contributed by atoms with Gasteiger partial charge in [-0.15, -0.1) is 0 Å². The molecule has 1 aromatic carbocycles. The maximum absolute atomic E-state index is 13.4. The topological polar surface area (TPSA) is 61.4 Å². The van der Waals surface area contributed by atoms with Crippen LogP contribution in [0.15, 0.2) is 18.2 Å². The van der Waals surface area contributed by atoms with Crippen LogP contribution in [0.1, 0.15) is 31.9 Å². The number of aliphatic hydroxyl groups excluding tert-OH is 1. The molecule has 0 spiro atoms. The third kappa shape index (κ3) is 6.64. The zero-order chi connectivity index (χ0) is 15.8. The van der Waals surface area contributed by atoms with Crippen LogP contribution in [0.4, 0.5) is 8.78 Å². The third-order valence-corrected chi connectivity index (χ3v) is 2.89. The van der Waals surface area contributed by atoms with Crippen molar-refractivity contribution in [1.29, 1.82) is 0 Å². The van der Waals surface area contributed by atoms with E-state index in [0.29, 0.717) is 19.0 Å². The summed E-state index contributed by atoms with van der Waals surface area (Å²) in [6.07, 6.45) is -0.884. The number of halogens is 2. The molecule has 0 aliphatic heterocycles. The highest BCUT2D eigenvalue weighted by Gasteiger charge is 2.13. The van der Waals surface area contributed by atoms with Gasteiger partial charge in [0, 0.05) is 31.6 Å². The molecule has 4 nitrogen and oxygen atoms in total. The van der Waals surface area contributed by atoms with Gasteiger partial charge in [0.1, 0.15) is 11.6 Å². The summed E-state index contributed by atoms with van der Waals surface area (Å²) in [5.74, 6) is -0.943. The lowest BCUT2D eigenvalue weighted by atomic mass is 10.1. The van der Waals surface area contributed by atoms with Crippen LogP contribution in [0.3, 0.4) is 0 Å². The van der Waals surface area contributed by atoms with E-state index < -0.39 is 17.7 Å². The van der Waals surface area contributed by atoms with Gasteiger partial charge >= 0.3 is 0 Å². The quantitative estimate of drug-likeness (QED) is 0.641. The number of nitrogens with one attached hydrogen (secondary N) is 2. The minimum Gasteiger partial charge on any atom is -0.387 e. The standard InChI is InChI=1S/C15H22F2N2O2/c1-10(2)8-19-15(21)5-6-18-9-14(20)12-7-11(16)3-4-13(12)17/h3-4,7,10,14,18,20H,5-6,8-9H2,1-2H3,(H,19,21). The summed E-state index contributed by atoms with van der Waals surface area (Å²) < 4.78 is 26.4. The molecule has 1 amide bonds. The van der Waals surface area contributed by atoms with Gasteiger partial charge in [0.05, 0.1) is 6.10 Å². The molecule has 21 heavy (non-hydrogen) atoms. The molecule has 0 fully saturated rings. The molecular weight excluding hydrogens is 278 g/mol. The first kappa shape index (κ1) is 17.5. The normalized spacial score (nSPS) is 12.5. The molecule has 1 rings (SSSR count). The van der Waals surface area contributed by atoms with E-state index in [0.717, 1.165) is 18.2 Å². The van der Waals surface area contributed by atoms with E-state index >= 15 is 0 Å². The monoisotopic (exact) mass is 300 g/mol. The van der Waals surface area contributed by atoms with Gasteiger partial charge in [-0.1, -0.05) is 13.8 Å². The van der Waals surface area contributed by atoms with E-state index in [1.165, 1.54) is 0 Å². The minimum atomic E-state index is -1.15. The number of carbonyl (C=O) groups is 1. The number of carbonyl (C=O) groups excluding carboxylic acids is 1. The Morgan fingerprint density at radius 3 is 2.67 bits per heavy atom. The molecule has 6 heteroatoms. The van der Waals surface area contributed by atoms with Crippen molar-refractivity contribution in [2.75, 3.05) is 19.6 Å². The third-order valence-electron chi connectivity index (χ3n) is 2.89. The fraction of sp³-hybridized carbons (Fsp3) is 0.533. The molecule has 0 aromatic heterocycles. The molecule has 0 aliphatic rings. The van der Waals surface area contributed by atoms with Crippen molar-refractivity contribution >= 4 is 5.91 Å². The molecule has 0 heterocycles. The average molecular weight is 300 g/mol. The predicted octanol–water partition coefficient (Wildman–Crippen LogP) is 1.75. The number of aliphatic hydroxyl groups is 1. The lowest BCUT2D eigenvalue weighted by molar-refractivity contribution is -0.121. The van der Waals surface area contributed by atoms with Crippen molar-refractivity contribution in [1.82, 2.24) is 10.6 Å². The van der Waals surface area contributed by atoms with Crippen molar-refractivity contribution < 1.29 is 18.7 Å². The lowest BCUT2D eigenvalue weighted by Gasteiger charge is -2.13. The minimum absolute atomic E-state index is 0.0534. The van der Waals surface area contributed by atoms with Crippen LogP contribution < -0.4 is 10.6 Å². The highest BCUT2D eigenvalue weighted by molar-refractivity contribution is 5.76. The Kier molecular flexibility index (Phi) is 7.25. The van der Waals surface area contributed by atoms with Gasteiger partial charge in [0.15, 0.2) is 0 Å². The fourth-order valence-corrected chi connectivity index (χ4v) is 1.73. The summed E-state index contributed by atoms with van der Waals surface area (Å²) in [4.78, 5) is 11.4. The SMILES string of the molecule is CC(C)CNC(=O)CCNCC(O)c1cc(F)ccc1F. The van der Waals surface area contributed by atoms with Crippen LogP contribution in [0.5, 0.6) is 0 Å². The van der Waals surface area contributed by atoms with E-state index in [1.807, 2.05) is 13.8 Å². The number of amides is 1. The summed E-state index contributed by atoms with van der Waals surface area (Å²) in [6.45, 7) is 5.04. The van der Waals surface area contributed by atoms with Crippen molar-refractivity contribution in [3.05, 3.63) is 35.4 Å². The van der Waals surface area contributed by atoms with E-state index in [1.54, 1.807) is 0 Å². The predicted molar refractivity (Wildman–Crippen MR) is 76.7 cm³/mol. The van der Waals surface area contributed by atoms with Gasteiger partial charge in [-0.05, 0) is 24.1 Å². The lowest BCUT2D eigenvalue weighted by Crippen LogP contribution is -2.31. The first-order chi connectivity index (χ1) is 9.90. The summed E-state index contributed by atoms with van der Waals surface area (Å²) in [5.41, 5.74) is -0.0910. The maximum Gasteiger partial charge on any atom is 0.221 e. The van der Waals surface area contributed by atoms with Gasteiger partial charge in [-0.2, -0.15) is 0 Å². The molecule has 0 saturated heterocycles. The van der Waals surface area contributed by atoms with E-state index in [2.05, 4.69) is 10.6 Å². The second-order valence-corrected chi connectivity index (χ2v) is 5.33. The summed E-state index contributed by atoms with van der Waals surface area (Å²) in [7, 11) is 0. The molecule has 3 N–H and O–H groups in total. The molecular formula is C15H22F2N2O2. The Hall–Kier alpha value is -1.53. The highest BCUT2D eigenvalue weighted by atomic mass is 19.1. The van der Waals surface area contributed by atoms with E-state index in [9.17, 15) is 18.7 Å². The summed E-state index contributed by atoms with van der Waals surface area (Å²) in [5, 5.41) is 15.4. The van der Waals surface area contributed by atoms with Crippen molar-refractivity contribution in [3.8, 4) is 0 Å². The van der Waals surface area contributed by atoms with Crippen molar-refractivity contribution in [2.45, 2.75) is 26.4 Å². The second kappa shape index (κ2) is 8.69. The fourth-order valence-electron chi connectivity index (χ4n) is 1.73. The number of hydrogen-bond acceptors (Lipinski definition) is 3. The molecule has 0 aliphatic carbocycles. The van der Waals surface area contributed by atoms with Crippen LogP contribution in [-0.4, -0.2) is 30.6 Å². The summed E-state index contributed by atoms with van der Waals surface area (Å²) >= 11 is 0.